The van der Waals surface area contributed by atoms with Gasteiger partial charge in [0.05, 0.1) is 39.1 Å². The van der Waals surface area contributed by atoms with Gasteiger partial charge in [-0.05, 0) is 18.2 Å². The van der Waals surface area contributed by atoms with Gasteiger partial charge in [-0.2, -0.15) is 0 Å². The minimum absolute atomic E-state index is 0.171. The SMILES string of the molecule is COC(=O)c1[nH]c2cc(OC)c(OC)cc2c1NC(=O)CN1CCN(c2ccccc2)CC1. The van der Waals surface area contributed by atoms with Crippen molar-refractivity contribution in [1.82, 2.24) is 9.88 Å². The zero-order valence-electron chi connectivity index (χ0n) is 19.0. The summed E-state index contributed by atoms with van der Waals surface area (Å²) in [4.78, 5) is 32.7. The maximum atomic E-state index is 12.9. The summed E-state index contributed by atoms with van der Waals surface area (Å²) in [5, 5.41) is 3.54. The molecule has 0 radical (unpaired) electrons. The molecule has 0 spiro atoms. The highest BCUT2D eigenvalue weighted by atomic mass is 16.5. The summed E-state index contributed by atoms with van der Waals surface area (Å²) in [5.41, 5.74) is 2.35. The van der Waals surface area contributed by atoms with Crippen molar-refractivity contribution in [3.63, 3.8) is 0 Å². The highest BCUT2D eigenvalue weighted by Crippen LogP contribution is 2.37. The molecule has 9 heteroatoms. The molecule has 9 nitrogen and oxygen atoms in total. The molecule has 3 aromatic rings. The molecule has 4 rings (SSSR count). The molecule has 2 heterocycles. The topological polar surface area (TPSA) is 96.1 Å². The molecule has 2 aromatic carbocycles. The lowest BCUT2D eigenvalue weighted by Crippen LogP contribution is -2.48. The van der Waals surface area contributed by atoms with E-state index in [1.54, 1.807) is 12.1 Å². The number of nitrogens with one attached hydrogen (secondary N) is 2. The highest BCUT2D eigenvalue weighted by molar-refractivity contribution is 6.11. The maximum Gasteiger partial charge on any atom is 0.356 e. The molecule has 0 unspecified atom stereocenters. The average Bonchev–Trinajstić information content (AvgIpc) is 3.20. The van der Waals surface area contributed by atoms with Crippen LogP contribution in [0.4, 0.5) is 11.4 Å². The fourth-order valence-corrected chi connectivity index (χ4v) is 4.09. The van der Waals surface area contributed by atoms with Gasteiger partial charge in [0.25, 0.3) is 0 Å². The predicted molar refractivity (Wildman–Crippen MR) is 126 cm³/mol. The van der Waals surface area contributed by atoms with Crippen molar-refractivity contribution in [3.8, 4) is 11.5 Å². The van der Waals surface area contributed by atoms with Crippen LogP contribution in [-0.2, 0) is 9.53 Å². The van der Waals surface area contributed by atoms with Crippen LogP contribution >= 0.6 is 0 Å². The lowest BCUT2D eigenvalue weighted by Gasteiger charge is -2.35. The quantitative estimate of drug-likeness (QED) is 0.532. The Balaban J connectivity index is 1.49. The zero-order chi connectivity index (χ0) is 23.4. The minimum Gasteiger partial charge on any atom is -0.493 e. The number of methoxy groups -OCH3 is 3. The maximum absolute atomic E-state index is 12.9. The number of esters is 1. The van der Waals surface area contributed by atoms with E-state index in [2.05, 4.69) is 32.2 Å². The van der Waals surface area contributed by atoms with Crippen molar-refractivity contribution < 1.29 is 23.8 Å². The Morgan fingerprint density at radius 3 is 2.27 bits per heavy atom. The number of carbonyl (C=O) groups is 2. The van der Waals surface area contributed by atoms with Crippen molar-refractivity contribution >= 4 is 34.2 Å². The lowest BCUT2D eigenvalue weighted by atomic mass is 10.2. The summed E-state index contributed by atoms with van der Waals surface area (Å²) in [7, 11) is 4.37. The van der Waals surface area contributed by atoms with Crippen LogP contribution < -0.4 is 19.7 Å². The molecule has 1 saturated heterocycles. The number of H-pyrrole nitrogens is 1. The predicted octanol–water partition coefficient (Wildman–Crippen LogP) is 2.73. The number of hydrogen-bond acceptors (Lipinski definition) is 7. The second-order valence-electron chi connectivity index (χ2n) is 7.77. The molecule has 1 aliphatic heterocycles. The fraction of sp³-hybridized carbons (Fsp3) is 0.333. The number of nitrogens with zero attached hydrogens (tertiary/aromatic N) is 2. The van der Waals surface area contributed by atoms with Crippen molar-refractivity contribution in [1.29, 1.82) is 0 Å². The van der Waals surface area contributed by atoms with E-state index in [1.807, 2.05) is 18.2 Å². The molecule has 1 amide bonds. The van der Waals surface area contributed by atoms with Gasteiger partial charge < -0.3 is 29.4 Å². The smallest absolute Gasteiger partial charge is 0.356 e. The number of anilines is 2. The zero-order valence-corrected chi connectivity index (χ0v) is 19.0. The van der Waals surface area contributed by atoms with Crippen molar-refractivity contribution in [2.75, 3.05) is 64.3 Å². The standard InChI is InChI=1S/C24H28N4O5/c1-31-19-13-17-18(14-20(19)32-2)25-23(24(30)33-3)22(17)26-21(29)15-27-9-11-28(12-10-27)16-7-5-4-6-8-16/h4-8,13-14,25H,9-12,15H2,1-3H3,(H,26,29). The first kappa shape index (κ1) is 22.5. The van der Waals surface area contributed by atoms with Crippen LogP contribution in [0.1, 0.15) is 10.5 Å². The number of rotatable bonds is 7. The van der Waals surface area contributed by atoms with Crippen molar-refractivity contribution in [3.05, 3.63) is 48.2 Å². The fourth-order valence-electron chi connectivity index (χ4n) is 4.09. The minimum atomic E-state index is -0.573. The Labute approximate surface area is 192 Å². The van der Waals surface area contributed by atoms with E-state index in [0.717, 1.165) is 26.2 Å². The van der Waals surface area contributed by atoms with Crippen LogP contribution in [0.25, 0.3) is 10.9 Å². The van der Waals surface area contributed by atoms with Gasteiger partial charge in [-0.25, -0.2) is 4.79 Å². The van der Waals surface area contributed by atoms with Gasteiger partial charge in [-0.1, -0.05) is 18.2 Å². The van der Waals surface area contributed by atoms with E-state index in [0.29, 0.717) is 28.1 Å². The number of amides is 1. The van der Waals surface area contributed by atoms with Crippen LogP contribution in [0.15, 0.2) is 42.5 Å². The molecule has 0 atom stereocenters. The lowest BCUT2D eigenvalue weighted by molar-refractivity contribution is -0.117. The van der Waals surface area contributed by atoms with Gasteiger partial charge in [-0.3, -0.25) is 9.69 Å². The van der Waals surface area contributed by atoms with E-state index >= 15 is 0 Å². The Morgan fingerprint density at radius 1 is 0.970 bits per heavy atom. The number of carbonyl (C=O) groups excluding carboxylic acids is 2. The first-order valence-electron chi connectivity index (χ1n) is 10.7. The Kier molecular flexibility index (Phi) is 6.69. The molecule has 0 aliphatic carbocycles. The van der Waals surface area contributed by atoms with Gasteiger partial charge in [0.1, 0.15) is 5.69 Å². The first-order chi connectivity index (χ1) is 16.0. The number of ether oxygens (including phenoxy) is 3. The number of para-hydroxylation sites is 1. The molecule has 2 N–H and O–H groups in total. The van der Waals surface area contributed by atoms with Crippen LogP contribution in [0, 0.1) is 0 Å². The van der Waals surface area contributed by atoms with Gasteiger partial charge >= 0.3 is 5.97 Å². The molecule has 0 bridgehead atoms. The second kappa shape index (κ2) is 9.83. The van der Waals surface area contributed by atoms with Crippen molar-refractivity contribution in [2.24, 2.45) is 0 Å². The largest absolute Gasteiger partial charge is 0.493 e. The van der Waals surface area contributed by atoms with Gasteiger partial charge in [0.2, 0.25) is 5.91 Å². The summed E-state index contributed by atoms with van der Waals surface area (Å²) in [6.07, 6.45) is 0. The monoisotopic (exact) mass is 452 g/mol. The molecule has 1 aliphatic rings. The van der Waals surface area contributed by atoms with E-state index in [9.17, 15) is 9.59 Å². The molecule has 1 fully saturated rings. The van der Waals surface area contributed by atoms with Crippen LogP contribution in [0.5, 0.6) is 11.5 Å². The normalized spacial score (nSPS) is 14.2. The third-order valence-corrected chi connectivity index (χ3v) is 5.82. The van der Waals surface area contributed by atoms with Gasteiger partial charge in [-0.15, -0.1) is 0 Å². The highest BCUT2D eigenvalue weighted by Gasteiger charge is 2.24. The Hall–Kier alpha value is -3.72. The summed E-state index contributed by atoms with van der Waals surface area (Å²) < 4.78 is 15.6. The number of hydrogen-bond donors (Lipinski definition) is 2. The molecule has 174 valence electrons. The summed E-state index contributed by atoms with van der Waals surface area (Å²) in [6, 6.07) is 13.7. The number of benzene rings is 2. The van der Waals surface area contributed by atoms with E-state index in [-0.39, 0.29) is 18.1 Å². The molecule has 1 aromatic heterocycles. The summed E-state index contributed by atoms with van der Waals surface area (Å²) >= 11 is 0. The summed E-state index contributed by atoms with van der Waals surface area (Å²) in [6.45, 7) is 3.45. The van der Waals surface area contributed by atoms with Gasteiger partial charge in [0, 0.05) is 43.3 Å². The molecule has 0 saturated carbocycles. The first-order valence-corrected chi connectivity index (χ1v) is 10.7. The van der Waals surface area contributed by atoms with Crippen LogP contribution in [0.2, 0.25) is 0 Å². The molecule has 33 heavy (non-hydrogen) atoms. The number of aromatic amines is 1. The Morgan fingerprint density at radius 2 is 1.64 bits per heavy atom. The number of fused-ring (bicyclic) bond motifs is 1. The third-order valence-electron chi connectivity index (χ3n) is 5.82. The van der Waals surface area contributed by atoms with Crippen LogP contribution in [0.3, 0.4) is 0 Å². The number of aromatic nitrogens is 1. The molecular weight excluding hydrogens is 424 g/mol. The third kappa shape index (κ3) is 4.73. The molecular formula is C24H28N4O5. The van der Waals surface area contributed by atoms with Gasteiger partial charge in [0.15, 0.2) is 11.5 Å². The van der Waals surface area contributed by atoms with E-state index in [4.69, 9.17) is 14.2 Å². The number of piperazine rings is 1. The Bertz CT molecular complexity index is 1140. The van der Waals surface area contributed by atoms with Crippen molar-refractivity contribution in [2.45, 2.75) is 0 Å². The second-order valence-corrected chi connectivity index (χ2v) is 7.77. The van der Waals surface area contributed by atoms with E-state index in [1.165, 1.54) is 27.0 Å². The van der Waals surface area contributed by atoms with Crippen LogP contribution in [-0.4, -0.2) is 75.8 Å². The average molecular weight is 453 g/mol. The van der Waals surface area contributed by atoms with E-state index < -0.39 is 5.97 Å². The summed E-state index contributed by atoms with van der Waals surface area (Å²) in [5.74, 6) is 0.227.